The molecule has 1 rings (SSSR count). The van der Waals surface area contributed by atoms with Crippen LogP contribution < -0.4 is 5.32 Å². The van der Waals surface area contributed by atoms with E-state index in [1.54, 1.807) is 13.1 Å². The standard InChI is InChI=1S/C7H8N2O2/c1-8-5-2-3-7(10)6(4-5)9-11/h2-4,8,10H,1H3. The molecule has 11 heavy (non-hydrogen) atoms. The second kappa shape index (κ2) is 3.01. The summed E-state index contributed by atoms with van der Waals surface area (Å²) >= 11 is 0. The zero-order valence-electron chi connectivity index (χ0n) is 6.03. The molecule has 0 radical (unpaired) electrons. The molecule has 4 nitrogen and oxygen atoms in total. The van der Waals surface area contributed by atoms with E-state index in [-0.39, 0.29) is 11.4 Å². The van der Waals surface area contributed by atoms with Crippen molar-refractivity contribution in [2.24, 2.45) is 5.18 Å². The van der Waals surface area contributed by atoms with E-state index in [0.717, 1.165) is 5.69 Å². The van der Waals surface area contributed by atoms with Crippen molar-refractivity contribution in [3.8, 4) is 5.75 Å². The first-order valence-corrected chi connectivity index (χ1v) is 3.12. The van der Waals surface area contributed by atoms with Crippen LogP contribution in [0.5, 0.6) is 5.75 Å². The fourth-order valence-corrected chi connectivity index (χ4v) is 0.752. The average Bonchev–Trinajstić information content (AvgIpc) is 2.05. The van der Waals surface area contributed by atoms with Gasteiger partial charge in [0.1, 0.15) is 5.75 Å². The highest BCUT2D eigenvalue weighted by atomic mass is 16.3. The number of rotatable bonds is 2. The summed E-state index contributed by atoms with van der Waals surface area (Å²) in [5.74, 6) is -0.0981. The molecule has 1 aromatic carbocycles. The van der Waals surface area contributed by atoms with E-state index in [1.165, 1.54) is 12.1 Å². The third-order valence-corrected chi connectivity index (χ3v) is 1.36. The van der Waals surface area contributed by atoms with Gasteiger partial charge in [-0.3, -0.25) is 0 Å². The van der Waals surface area contributed by atoms with E-state index in [2.05, 4.69) is 10.5 Å². The Hall–Kier alpha value is -1.58. The van der Waals surface area contributed by atoms with Crippen LogP contribution in [0.15, 0.2) is 23.4 Å². The lowest BCUT2D eigenvalue weighted by Crippen LogP contribution is -1.85. The Kier molecular flexibility index (Phi) is 2.06. The first-order valence-electron chi connectivity index (χ1n) is 3.12. The molecule has 0 aliphatic rings. The number of aromatic hydroxyl groups is 1. The van der Waals surface area contributed by atoms with Crippen molar-refractivity contribution in [2.75, 3.05) is 12.4 Å². The molecule has 0 fully saturated rings. The fraction of sp³-hybridized carbons (Fsp3) is 0.143. The summed E-state index contributed by atoms with van der Waals surface area (Å²) in [6, 6.07) is 4.55. The van der Waals surface area contributed by atoms with Gasteiger partial charge >= 0.3 is 0 Å². The van der Waals surface area contributed by atoms with Gasteiger partial charge in [0.25, 0.3) is 0 Å². The highest BCUT2D eigenvalue weighted by molar-refractivity contribution is 5.60. The Morgan fingerprint density at radius 2 is 2.27 bits per heavy atom. The number of phenolic OH excluding ortho intramolecular Hbond substituents is 1. The third-order valence-electron chi connectivity index (χ3n) is 1.36. The van der Waals surface area contributed by atoms with Gasteiger partial charge < -0.3 is 10.4 Å². The average molecular weight is 152 g/mol. The smallest absolute Gasteiger partial charge is 0.151 e. The third kappa shape index (κ3) is 1.46. The predicted octanol–water partition coefficient (Wildman–Crippen LogP) is 1.83. The molecule has 2 N–H and O–H groups in total. The monoisotopic (exact) mass is 152 g/mol. The number of phenols is 1. The number of nitroso groups, excluding NO2 is 1. The number of benzene rings is 1. The number of nitrogens with one attached hydrogen (secondary N) is 1. The molecule has 0 amide bonds. The van der Waals surface area contributed by atoms with E-state index >= 15 is 0 Å². The lowest BCUT2D eigenvalue weighted by Gasteiger charge is -2.00. The lowest BCUT2D eigenvalue weighted by atomic mass is 10.2. The Labute approximate surface area is 63.8 Å². The topological polar surface area (TPSA) is 61.7 Å². The summed E-state index contributed by atoms with van der Waals surface area (Å²) < 4.78 is 0. The number of hydrogen-bond acceptors (Lipinski definition) is 4. The van der Waals surface area contributed by atoms with Crippen molar-refractivity contribution >= 4 is 11.4 Å². The molecular weight excluding hydrogens is 144 g/mol. The first kappa shape index (κ1) is 7.53. The predicted molar refractivity (Wildman–Crippen MR) is 43.1 cm³/mol. The van der Waals surface area contributed by atoms with Gasteiger partial charge in [-0.1, -0.05) is 0 Å². The van der Waals surface area contributed by atoms with Crippen molar-refractivity contribution in [2.45, 2.75) is 0 Å². The van der Waals surface area contributed by atoms with Crippen LogP contribution in [-0.4, -0.2) is 12.2 Å². The van der Waals surface area contributed by atoms with Gasteiger partial charge in [0.05, 0.1) is 0 Å². The zero-order valence-corrected chi connectivity index (χ0v) is 6.03. The maximum atomic E-state index is 10.1. The highest BCUT2D eigenvalue weighted by Crippen LogP contribution is 2.28. The van der Waals surface area contributed by atoms with Crippen LogP contribution in [0, 0.1) is 4.91 Å². The Morgan fingerprint density at radius 3 is 2.82 bits per heavy atom. The second-order valence-corrected chi connectivity index (χ2v) is 2.04. The summed E-state index contributed by atoms with van der Waals surface area (Å²) in [5.41, 5.74) is 0.800. The zero-order chi connectivity index (χ0) is 8.27. The molecule has 0 saturated heterocycles. The molecule has 0 spiro atoms. The van der Waals surface area contributed by atoms with Gasteiger partial charge in [-0.05, 0) is 23.4 Å². The van der Waals surface area contributed by atoms with Crippen molar-refractivity contribution in [3.05, 3.63) is 23.1 Å². The molecule has 0 aliphatic heterocycles. The first-order chi connectivity index (χ1) is 5.27. The molecule has 0 atom stereocenters. The maximum Gasteiger partial charge on any atom is 0.151 e. The molecular formula is C7H8N2O2. The van der Waals surface area contributed by atoms with E-state index in [0.29, 0.717) is 0 Å². The Morgan fingerprint density at radius 1 is 1.55 bits per heavy atom. The van der Waals surface area contributed by atoms with Crippen LogP contribution in [0.2, 0.25) is 0 Å². The van der Waals surface area contributed by atoms with Crippen LogP contribution in [0.4, 0.5) is 11.4 Å². The normalized spacial score (nSPS) is 9.18. The minimum atomic E-state index is -0.0981. The van der Waals surface area contributed by atoms with Gasteiger partial charge in [-0.25, -0.2) is 0 Å². The molecule has 0 saturated carbocycles. The fourth-order valence-electron chi connectivity index (χ4n) is 0.752. The minimum Gasteiger partial charge on any atom is -0.506 e. The molecule has 1 aromatic rings. The quantitative estimate of drug-likeness (QED) is 0.502. The van der Waals surface area contributed by atoms with Gasteiger partial charge in [0, 0.05) is 12.7 Å². The van der Waals surface area contributed by atoms with E-state index in [1.807, 2.05) is 0 Å². The Bertz CT molecular complexity index is 273. The largest absolute Gasteiger partial charge is 0.506 e. The SMILES string of the molecule is CNc1ccc(O)c(N=O)c1. The maximum absolute atomic E-state index is 10.1. The number of hydrogen-bond donors (Lipinski definition) is 2. The van der Waals surface area contributed by atoms with E-state index in [9.17, 15) is 4.91 Å². The van der Waals surface area contributed by atoms with Gasteiger partial charge in [-0.15, -0.1) is 4.91 Å². The van der Waals surface area contributed by atoms with Crippen molar-refractivity contribution in [1.82, 2.24) is 0 Å². The summed E-state index contributed by atoms with van der Waals surface area (Å²) in [5, 5.41) is 14.5. The summed E-state index contributed by atoms with van der Waals surface area (Å²) in [4.78, 5) is 10.1. The summed E-state index contributed by atoms with van der Waals surface area (Å²) in [6.45, 7) is 0. The van der Waals surface area contributed by atoms with E-state index in [4.69, 9.17) is 5.11 Å². The molecule has 58 valence electrons. The van der Waals surface area contributed by atoms with Crippen LogP contribution in [0.1, 0.15) is 0 Å². The molecule has 0 heterocycles. The second-order valence-electron chi connectivity index (χ2n) is 2.04. The van der Waals surface area contributed by atoms with E-state index < -0.39 is 0 Å². The number of anilines is 1. The van der Waals surface area contributed by atoms with Crippen LogP contribution >= 0.6 is 0 Å². The van der Waals surface area contributed by atoms with Gasteiger partial charge in [0.15, 0.2) is 5.69 Å². The van der Waals surface area contributed by atoms with Gasteiger partial charge in [0.2, 0.25) is 0 Å². The van der Waals surface area contributed by atoms with Gasteiger partial charge in [-0.2, -0.15) is 0 Å². The Balaban J connectivity index is 3.12. The minimum absolute atomic E-state index is 0.0526. The van der Waals surface area contributed by atoms with Crippen molar-refractivity contribution in [3.63, 3.8) is 0 Å². The summed E-state index contributed by atoms with van der Waals surface area (Å²) in [7, 11) is 1.72. The summed E-state index contributed by atoms with van der Waals surface area (Å²) in [6.07, 6.45) is 0. The van der Waals surface area contributed by atoms with Crippen LogP contribution in [0.3, 0.4) is 0 Å². The lowest BCUT2D eigenvalue weighted by molar-refractivity contribution is 0.477. The molecule has 0 unspecified atom stereocenters. The van der Waals surface area contributed by atoms with Crippen LogP contribution in [0.25, 0.3) is 0 Å². The molecule has 0 bridgehead atoms. The molecule has 0 aromatic heterocycles. The van der Waals surface area contributed by atoms with Crippen molar-refractivity contribution < 1.29 is 5.11 Å². The van der Waals surface area contributed by atoms with Crippen LogP contribution in [-0.2, 0) is 0 Å². The number of nitrogens with zero attached hydrogens (tertiary/aromatic N) is 1. The van der Waals surface area contributed by atoms with Crippen molar-refractivity contribution in [1.29, 1.82) is 0 Å². The highest BCUT2D eigenvalue weighted by Gasteiger charge is 2.00. The molecule has 4 heteroatoms. The molecule has 0 aliphatic carbocycles.